The van der Waals surface area contributed by atoms with Gasteiger partial charge < -0.3 is 10.5 Å². The van der Waals surface area contributed by atoms with Crippen LogP contribution >= 0.6 is 11.6 Å². The number of halogens is 2. The molecule has 0 radical (unpaired) electrons. The van der Waals surface area contributed by atoms with Gasteiger partial charge in [0.2, 0.25) is 0 Å². The first-order valence-corrected chi connectivity index (χ1v) is 5.95. The van der Waals surface area contributed by atoms with Crippen molar-refractivity contribution in [2.45, 2.75) is 6.10 Å². The van der Waals surface area contributed by atoms with Gasteiger partial charge in [-0.05, 0) is 17.7 Å². The van der Waals surface area contributed by atoms with Crippen LogP contribution in [0.3, 0.4) is 0 Å². The Morgan fingerprint density at radius 3 is 2.50 bits per heavy atom. The van der Waals surface area contributed by atoms with E-state index in [1.54, 1.807) is 6.07 Å². The summed E-state index contributed by atoms with van der Waals surface area (Å²) >= 11 is 5.61. The molecule has 1 atom stereocenters. The average Bonchev–Trinajstić information content (AvgIpc) is 2.41. The van der Waals surface area contributed by atoms with Crippen molar-refractivity contribution in [3.8, 4) is 5.75 Å². The van der Waals surface area contributed by atoms with Gasteiger partial charge in [0, 0.05) is 12.6 Å². The minimum atomic E-state index is -0.502. The largest absolute Gasteiger partial charge is 0.484 e. The number of hydrogen-bond acceptors (Lipinski definition) is 2. The first kappa shape index (κ1) is 12.9. The smallest absolute Gasteiger partial charge is 0.145 e. The zero-order valence-corrected chi connectivity index (χ0v) is 10.4. The lowest BCUT2D eigenvalue weighted by Gasteiger charge is -2.18. The molecule has 18 heavy (non-hydrogen) atoms. The van der Waals surface area contributed by atoms with Crippen molar-refractivity contribution in [3.05, 3.63) is 64.9 Å². The molecule has 2 aromatic carbocycles. The van der Waals surface area contributed by atoms with Crippen molar-refractivity contribution in [3.63, 3.8) is 0 Å². The Bertz CT molecular complexity index is 518. The molecule has 2 rings (SSSR count). The number of nitrogens with two attached hydrogens (primary N) is 1. The lowest BCUT2D eigenvalue weighted by Crippen LogP contribution is -2.18. The second kappa shape index (κ2) is 5.85. The van der Waals surface area contributed by atoms with Gasteiger partial charge in [0.1, 0.15) is 17.7 Å². The molecule has 0 heterocycles. The number of ether oxygens (including phenoxy) is 1. The fourth-order valence-electron chi connectivity index (χ4n) is 1.63. The number of benzene rings is 2. The van der Waals surface area contributed by atoms with Gasteiger partial charge in [0.25, 0.3) is 0 Å². The molecule has 2 aromatic rings. The molecule has 0 saturated carbocycles. The summed E-state index contributed by atoms with van der Waals surface area (Å²) in [6, 6.07) is 13.9. The van der Waals surface area contributed by atoms with Crippen LogP contribution in [0.4, 0.5) is 4.39 Å². The minimum absolute atomic E-state index is 0.0753. The molecule has 0 aromatic heterocycles. The summed E-state index contributed by atoms with van der Waals surface area (Å²) in [7, 11) is 0. The zero-order chi connectivity index (χ0) is 13.0. The van der Waals surface area contributed by atoms with E-state index in [4.69, 9.17) is 22.1 Å². The average molecular weight is 266 g/mol. The Labute approximate surface area is 110 Å². The molecular weight excluding hydrogens is 253 g/mol. The van der Waals surface area contributed by atoms with Gasteiger partial charge in [-0.3, -0.25) is 0 Å². The standard InChI is InChI=1S/C14H13ClFNO/c15-12-7-6-11(8-13(12)16)18-14(9-17)10-4-2-1-3-5-10/h1-8,14H,9,17H2. The lowest BCUT2D eigenvalue weighted by molar-refractivity contribution is 0.213. The van der Waals surface area contributed by atoms with Gasteiger partial charge in [0.05, 0.1) is 5.02 Å². The Morgan fingerprint density at radius 1 is 1.17 bits per heavy atom. The first-order valence-electron chi connectivity index (χ1n) is 5.57. The van der Waals surface area contributed by atoms with Crippen molar-refractivity contribution in [1.29, 1.82) is 0 Å². The number of rotatable bonds is 4. The van der Waals surface area contributed by atoms with Gasteiger partial charge >= 0.3 is 0 Å². The molecule has 4 heteroatoms. The van der Waals surface area contributed by atoms with Gasteiger partial charge in [0.15, 0.2) is 0 Å². The van der Waals surface area contributed by atoms with E-state index >= 15 is 0 Å². The van der Waals surface area contributed by atoms with E-state index in [1.807, 2.05) is 30.3 Å². The van der Waals surface area contributed by atoms with Crippen molar-refractivity contribution in [1.82, 2.24) is 0 Å². The van der Waals surface area contributed by atoms with Gasteiger partial charge in [-0.2, -0.15) is 0 Å². The highest BCUT2D eigenvalue weighted by Crippen LogP contribution is 2.25. The Hall–Kier alpha value is -1.58. The lowest BCUT2D eigenvalue weighted by atomic mass is 10.1. The van der Waals surface area contributed by atoms with Crippen LogP contribution in [0, 0.1) is 5.82 Å². The third kappa shape index (κ3) is 3.00. The van der Waals surface area contributed by atoms with E-state index in [1.165, 1.54) is 12.1 Å². The molecule has 0 amide bonds. The number of hydrogen-bond donors (Lipinski definition) is 1. The van der Waals surface area contributed by atoms with E-state index in [0.29, 0.717) is 12.3 Å². The van der Waals surface area contributed by atoms with Crippen LogP contribution in [-0.4, -0.2) is 6.54 Å². The molecule has 0 bridgehead atoms. The highest BCUT2D eigenvalue weighted by molar-refractivity contribution is 6.30. The monoisotopic (exact) mass is 265 g/mol. The fraction of sp³-hybridized carbons (Fsp3) is 0.143. The molecule has 0 aliphatic heterocycles. The van der Waals surface area contributed by atoms with Gasteiger partial charge in [-0.15, -0.1) is 0 Å². The molecule has 0 saturated heterocycles. The van der Waals surface area contributed by atoms with E-state index in [-0.39, 0.29) is 11.1 Å². The van der Waals surface area contributed by atoms with E-state index in [9.17, 15) is 4.39 Å². The normalized spacial score (nSPS) is 12.2. The van der Waals surface area contributed by atoms with Crippen LogP contribution in [0.5, 0.6) is 5.75 Å². The van der Waals surface area contributed by atoms with E-state index in [2.05, 4.69) is 0 Å². The molecular formula is C14H13ClFNO. The van der Waals surface area contributed by atoms with Crippen LogP contribution in [0.2, 0.25) is 5.02 Å². The van der Waals surface area contributed by atoms with Crippen LogP contribution in [0.25, 0.3) is 0 Å². The van der Waals surface area contributed by atoms with Crippen LogP contribution in [0.1, 0.15) is 11.7 Å². The van der Waals surface area contributed by atoms with Crippen LogP contribution in [0.15, 0.2) is 48.5 Å². The molecule has 0 spiro atoms. The predicted octanol–water partition coefficient (Wildman–Crippen LogP) is 3.56. The molecule has 94 valence electrons. The minimum Gasteiger partial charge on any atom is -0.484 e. The summed E-state index contributed by atoms with van der Waals surface area (Å²) in [5, 5.41) is 0.0753. The second-order valence-electron chi connectivity index (χ2n) is 3.83. The van der Waals surface area contributed by atoms with Crippen LogP contribution < -0.4 is 10.5 Å². The Balaban J connectivity index is 2.18. The summed E-state index contributed by atoms with van der Waals surface area (Å²) in [5.74, 6) is -0.0887. The second-order valence-corrected chi connectivity index (χ2v) is 4.24. The Kier molecular flexibility index (Phi) is 4.18. The summed E-state index contributed by atoms with van der Waals surface area (Å²) in [5.41, 5.74) is 6.63. The zero-order valence-electron chi connectivity index (χ0n) is 9.64. The van der Waals surface area contributed by atoms with E-state index in [0.717, 1.165) is 5.56 Å². The molecule has 2 N–H and O–H groups in total. The third-order valence-electron chi connectivity index (χ3n) is 2.55. The maximum atomic E-state index is 13.3. The Morgan fingerprint density at radius 2 is 1.89 bits per heavy atom. The summed E-state index contributed by atoms with van der Waals surface area (Å²) in [6.45, 7) is 0.314. The SMILES string of the molecule is NCC(Oc1ccc(Cl)c(F)c1)c1ccccc1. The van der Waals surface area contributed by atoms with Gasteiger partial charge in [-0.25, -0.2) is 4.39 Å². The first-order chi connectivity index (χ1) is 8.70. The molecule has 0 aliphatic carbocycles. The quantitative estimate of drug-likeness (QED) is 0.917. The molecule has 0 fully saturated rings. The van der Waals surface area contributed by atoms with Gasteiger partial charge in [-0.1, -0.05) is 41.9 Å². The highest BCUT2D eigenvalue weighted by Gasteiger charge is 2.12. The summed E-state index contributed by atoms with van der Waals surface area (Å²) < 4.78 is 19.0. The van der Waals surface area contributed by atoms with Crippen LogP contribution in [-0.2, 0) is 0 Å². The maximum absolute atomic E-state index is 13.3. The topological polar surface area (TPSA) is 35.2 Å². The molecule has 1 unspecified atom stereocenters. The fourth-order valence-corrected chi connectivity index (χ4v) is 1.75. The molecule has 0 aliphatic rings. The predicted molar refractivity (Wildman–Crippen MR) is 70.3 cm³/mol. The van der Waals surface area contributed by atoms with E-state index < -0.39 is 5.82 Å². The molecule has 2 nitrogen and oxygen atoms in total. The van der Waals surface area contributed by atoms with Crippen molar-refractivity contribution in [2.24, 2.45) is 5.73 Å². The van der Waals surface area contributed by atoms with Crippen molar-refractivity contribution < 1.29 is 9.13 Å². The van der Waals surface area contributed by atoms with Crippen molar-refractivity contribution >= 4 is 11.6 Å². The summed E-state index contributed by atoms with van der Waals surface area (Å²) in [6.07, 6.45) is -0.299. The summed E-state index contributed by atoms with van der Waals surface area (Å²) in [4.78, 5) is 0. The van der Waals surface area contributed by atoms with Crippen molar-refractivity contribution in [2.75, 3.05) is 6.54 Å². The maximum Gasteiger partial charge on any atom is 0.145 e. The highest BCUT2D eigenvalue weighted by atomic mass is 35.5. The third-order valence-corrected chi connectivity index (χ3v) is 2.86.